The molecule has 0 amide bonds. The molecule has 2 heterocycles. The number of benzene rings is 1. The van der Waals surface area contributed by atoms with Gasteiger partial charge in [-0.1, -0.05) is 93.9 Å². The van der Waals surface area contributed by atoms with Gasteiger partial charge in [0.25, 0.3) is 0 Å². The fourth-order valence-corrected chi connectivity index (χ4v) is 5.45. The predicted molar refractivity (Wildman–Crippen MR) is 116 cm³/mol. The molecule has 6 nitrogen and oxygen atoms in total. The van der Waals surface area contributed by atoms with Crippen molar-refractivity contribution in [2.45, 2.75) is 19.4 Å². The van der Waals surface area contributed by atoms with Crippen LogP contribution in [0.1, 0.15) is 17.4 Å². The summed E-state index contributed by atoms with van der Waals surface area (Å²) in [6.07, 6.45) is 2.10. The molecule has 0 N–H and O–H groups in total. The standard InChI is InChI=1S/C18H13Cl6NO5/c1-28-14(26)11-12(15(27)29-2)25-8-7-9-5-3-4-6-10(9)13(25)30-16(11,17(19,20)21)18(22,23)24/h3-8,13H,1-2H3. The van der Waals surface area contributed by atoms with E-state index in [0.29, 0.717) is 5.56 Å². The summed E-state index contributed by atoms with van der Waals surface area (Å²) in [6.45, 7) is 0. The van der Waals surface area contributed by atoms with Crippen LogP contribution in [0.5, 0.6) is 0 Å². The number of hydrogen-bond acceptors (Lipinski definition) is 6. The number of nitrogens with zero attached hydrogens (tertiary/aromatic N) is 1. The number of esters is 2. The number of halogens is 6. The van der Waals surface area contributed by atoms with E-state index in [4.69, 9.17) is 83.8 Å². The first-order chi connectivity index (χ1) is 13.9. The van der Waals surface area contributed by atoms with Gasteiger partial charge < -0.3 is 19.1 Å². The van der Waals surface area contributed by atoms with E-state index < -0.39 is 36.9 Å². The molecule has 2 aliphatic rings. The molecule has 0 radical (unpaired) electrons. The van der Waals surface area contributed by atoms with Gasteiger partial charge in [-0.15, -0.1) is 0 Å². The second-order valence-corrected chi connectivity index (χ2v) is 10.8. The molecule has 0 aromatic heterocycles. The molecule has 1 aromatic rings. The lowest BCUT2D eigenvalue weighted by Gasteiger charge is -2.52. The first-order valence-corrected chi connectivity index (χ1v) is 10.5. The van der Waals surface area contributed by atoms with Crippen LogP contribution < -0.4 is 0 Å². The van der Waals surface area contributed by atoms with Crippen molar-refractivity contribution in [3.8, 4) is 0 Å². The Morgan fingerprint density at radius 2 is 1.57 bits per heavy atom. The Labute approximate surface area is 202 Å². The number of methoxy groups -OCH3 is 2. The van der Waals surface area contributed by atoms with Crippen molar-refractivity contribution in [1.82, 2.24) is 4.90 Å². The van der Waals surface area contributed by atoms with Crippen LogP contribution in [0.4, 0.5) is 0 Å². The van der Waals surface area contributed by atoms with Crippen LogP contribution in [0.25, 0.3) is 6.08 Å². The zero-order chi connectivity index (χ0) is 22.5. The fourth-order valence-electron chi connectivity index (χ4n) is 3.33. The minimum absolute atomic E-state index is 0.357. The number of ether oxygens (including phenoxy) is 3. The highest BCUT2D eigenvalue weighted by Crippen LogP contribution is 2.62. The molecule has 162 valence electrons. The summed E-state index contributed by atoms with van der Waals surface area (Å²) in [4.78, 5) is 27.0. The summed E-state index contributed by atoms with van der Waals surface area (Å²) >= 11 is 37.5. The number of carbonyl (C=O) groups excluding carboxylic acids is 2. The molecule has 0 saturated carbocycles. The third-order valence-corrected chi connectivity index (χ3v) is 6.23. The van der Waals surface area contributed by atoms with Crippen LogP contribution in [0, 0.1) is 0 Å². The fraction of sp³-hybridized carbons (Fsp3) is 0.333. The van der Waals surface area contributed by atoms with Crippen LogP contribution in [-0.2, 0) is 23.8 Å². The Morgan fingerprint density at radius 3 is 2.10 bits per heavy atom. The number of fused-ring (bicyclic) bond motifs is 3. The summed E-state index contributed by atoms with van der Waals surface area (Å²) in [5.41, 5.74) is -2.21. The Hall–Kier alpha value is -0.860. The maximum absolute atomic E-state index is 12.9. The molecule has 2 aliphatic heterocycles. The summed E-state index contributed by atoms with van der Waals surface area (Å²) in [5.74, 6) is -2.07. The van der Waals surface area contributed by atoms with E-state index in [1.807, 2.05) is 0 Å². The summed E-state index contributed by atoms with van der Waals surface area (Å²) in [7, 11) is 2.17. The second-order valence-electron chi connectivity index (χ2n) is 6.21. The summed E-state index contributed by atoms with van der Waals surface area (Å²) < 4.78 is 10.7. The Morgan fingerprint density at radius 1 is 1.00 bits per heavy atom. The van der Waals surface area contributed by atoms with E-state index >= 15 is 0 Å². The van der Waals surface area contributed by atoms with Crippen molar-refractivity contribution >= 4 is 87.6 Å². The van der Waals surface area contributed by atoms with E-state index in [9.17, 15) is 9.59 Å². The maximum Gasteiger partial charge on any atom is 0.355 e. The van der Waals surface area contributed by atoms with Crippen LogP contribution in [0.15, 0.2) is 41.7 Å². The molecule has 1 aromatic carbocycles. The van der Waals surface area contributed by atoms with Gasteiger partial charge >= 0.3 is 11.9 Å². The minimum Gasteiger partial charge on any atom is -0.466 e. The molecule has 0 saturated heterocycles. The van der Waals surface area contributed by atoms with Gasteiger partial charge in [-0.3, -0.25) is 0 Å². The Kier molecular flexibility index (Phi) is 6.54. The van der Waals surface area contributed by atoms with Crippen molar-refractivity contribution in [1.29, 1.82) is 0 Å². The predicted octanol–water partition coefficient (Wildman–Crippen LogP) is 5.08. The average molecular weight is 536 g/mol. The van der Waals surface area contributed by atoms with Gasteiger partial charge in [0, 0.05) is 11.8 Å². The molecular formula is C18H13Cl6NO5. The summed E-state index contributed by atoms with van der Waals surface area (Å²) in [5, 5.41) is 0. The third kappa shape index (κ3) is 3.56. The number of carbonyl (C=O) groups is 2. The van der Waals surface area contributed by atoms with Crippen molar-refractivity contribution in [2.24, 2.45) is 0 Å². The molecule has 3 rings (SSSR count). The highest BCUT2D eigenvalue weighted by atomic mass is 35.6. The van der Waals surface area contributed by atoms with Gasteiger partial charge in [-0.2, -0.15) is 0 Å². The SMILES string of the molecule is COC(=O)C1=C(C(=O)OC)C(C(Cl)(Cl)Cl)(C(Cl)(Cl)Cl)OC2c3ccccc3C=CN12. The normalized spacial score (nSPS) is 20.4. The molecule has 1 atom stereocenters. The lowest BCUT2D eigenvalue weighted by Crippen LogP contribution is -2.64. The van der Waals surface area contributed by atoms with Gasteiger partial charge in [0.05, 0.1) is 14.2 Å². The Bertz CT molecular complexity index is 935. The first kappa shape index (κ1) is 23.8. The third-order valence-electron chi connectivity index (χ3n) is 4.63. The van der Waals surface area contributed by atoms with Gasteiger partial charge in [0.1, 0.15) is 11.3 Å². The zero-order valence-electron chi connectivity index (χ0n) is 15.3. The van der Waals surface area contributed by atoms with E-state index in [0.717, 1.165) is 19.8 Å². The number of hydrogen-bond donors (Lipinski definition) is 0. The molecule has 0 aliphatic carbocycles. The molecule has 0 spiro atoms. The summed E-state index contributed by atoms with van der Waals surface area (Å²) in [6, 6.07) is 7.06. The van der Waals surface area contributed by atoms with E-state index in [1.54, 1.807) is 30.3 Å². The van der Waals surface area contributed by atoms with Crippen LogP contribution in [-0.4, -0.2) is 44.2 Å². The highest BCUT2D eigenvalue weighted by Gasteiger charge is 2.71. The topological polar surface area (TPSA) is 65.1 Å². The van der Waals surface area contributed by atoms with Crippen LogP contribution >= 0.6 is 69.6 Å². The van der Waals surface area contributed by atoms with Gasteiger partial charge in [0.15, 0.2) is 11.8 Å². The smallest absolute Gasteiger partial charge is 0.355 e. The minimum atomic E-state index is -2.55. The van der Waals surface area contributed by atoms with Gasteiger partial charge in [-0.05, 0) is 11.6 Å². The molecule has 0 bridgehead atoms. The van der Waals surface area contributed by atoms with Crippen molar-refractivity contribution in [3.05, 3.63) is 52.9 Å². The van der Waals surface area contributed by atoms with Crippen LogP contribution in [0.2, 0.25) is 0 Å². The average Bonchev–Trinajstić information content (AvgIpc) is 2.69. The quantitative estimate of drug-likeness (QED) is 0.389. The van der Waals surface area contributed by atoms with Gasteiger partial charge in [-0.25, -0.2) is 9.59 Å². The van der Waals surface area contributed by atoms with E-state index in [2.05, 4.69) is 0 Å². The van der Waals surface area contributed by atoms with Crippen LogP contribution in [0.3, 0.4) is 0 Å². The lowest BCUT2D eigenvalue weighted by atomic mass is 9.89. The van der Waals surface area contributed by atoms with Crippen molar-refractivity contribution < 1.29 is 23.8 Å². The highest BCUT2D eigenvalue weighted by molar-refractivity contribution is 6.74. The Balaban J connectivity index is 2.47. The largest absolute Gasteiger partial charge is 0.466 e. The van der Waals surface area contributed by atoms with Crippen molar-refractivity contribution in [3.63, 3.8) is 0 Å². The molecule has 1 unspecified atom stereocenters. The van der Waals surface area contributed by atoms with Crippen molar-refractivity contribution in [2.75, 3.05) is 14.2 Å². The molecule has 30 heavy (non-hydrogen) atoms. The first-order valence-electron chi connectivity index (χ1n) is 8.18. The number of rotatable bonds is 2. The molecular weight excluding hydrogens is 523 g/mol. The van der Waals surface area contributed by atoms with E-state index in [-0.39, 0.29) is 5.70 Å². The second kappa shape index (κ2) is 8.24. The molecule has 0 fully saturated rings. The monoisotopic (exact) mass is 533 g/mol. The zero-order valence-corrected chi connectivity index (χ0v) is 19.8. The maximum atomic E-state index is 12.9. The lowest BCUT2D eigenvalue weighted by molar-refractivity contribution is -0.166. The molecule has 12 heteroatoms. The van der Waals surface area contributed by atoms with E-state index in [1.165, 1.54) is 11.1 Å². The number of alkyl halides is 6. The van der Waals surface area contributed by atoms with Gasteiger partial charge in [0.2, 0.25) is 7.59 Å².